The van der Waals surface area contributed by atoms with Gasteiger partial charge in [-0.25, -0.2) is 8.42 Å². The Kier molecular flexibility index (Phi) is 3.10. The molecular weight excluding hydrogens is 200 g/mol. The van der Waals surface area contributed by atoms with Crippen LogP contribution >= 0.6 is 0 Å². The average molecular weight is 210 g/mol. The highest BCUT2D eigenvalue weighted by Crippen LogP contribution is 2.09. The van der Waals surface area contributed by atoms with Crippen molar-refractivity contribution in [2.24, 2.45) is 0 Å². The molecule has 14 heavy (non-hydrogen) atoms. The van der Waals surface area contributed by atoms with Crippen molar-refractivity contribution in [2.45, 2.75) is 5.75 Å². The Labute approximate surface area is 82.9 Å². The maximum atomic E-state index is 11.2. The number of benzene rings is 1. The van der Waals surface area contributed by atoms with Gasteiger partial charge in [0.1, 0.15) is 5.75 Å². The molecule has 0 atom stereocenters. The van der Waals surface area contributed by atoms with Crippen LogP contribution in [0.1, 0.15) is 5.56 Å². The van der Waals surface area contributed by atoms with E-state index in [1.807, 2.05) is 0 Å². The van der Waals surface area contributed by atoms with Crippen LogP contribution in [-0.4, -0.2) is 14.2 Å². The number of nitriles is 1. The molecule has 0 amide bonds. The second-order valence-corrected chi connectivity index (χ2v) is 5.00. The highest BCUT2D eigenvalue weighted by atomic mass is 32.2. The number of nitrogens with zero attached hydrogens (tertiary/aromatic N) is 1. The summed E-state index contributed by atoms with van der Waals surface area (Å²) >= 11 is 0. The van der Waals surface area contributed by atoms with Crippen molar-refractivity contribution in [2.75, 3.05) is 11.5 Å². The van der Waals surface area contributed by atoms with Gasteiger partial charge in [-0.1, -0.05) is 12.1 Å². The second kappa shape index (κ2) is 4.11. The molecule has 0 saturated heterocycles. The van der Waals surface area contributed by atoms with Crippen LogP contribution in [0.4, 0.5) is 5.69 Å². The van der Waals surface area contributed by atoms with E-state index in [2.05, 4.69) is 0 Å². The molecule has 0 aliphatic heterocycles. The summed E-state index contributed by atoms with van der Waals surface area (Å²) in [5, 5.41) is 8.27. The summed E-state index contributed by atoms with van der Waals surface area (Å²) in [6.45, 7) is 0. The van der Waals surface area contributed by atoms with Crippen LogP contribution in [0.5, 0.6) is 0 Å². The molecule has 0 aromatic heterocycles. The van der Waals surface area contributed by atoms with Gasteiger partial charge in [0, 0.05) is 5.69 Å². The first-order valence-electron chi connectivity index (χ1n) is 3.95. The first kappa shape index (κ1) is 10.5. The Hall–Kier alpha value is -1.54. The van der Waals surface area contributed by atoms with Gasteiger partial charge in [-0.2, -0.15) is 5.26 Å². The minimum Gasteiger partial charge on any atom is -0.399 e. The number of hydrogen-bond donors (Lipinski definition) is 1. The lowest BCUT2D eigenvalue weighted by molar-refractivity contribution is 0.598. The first-order chi connectivity index (χ1) is 6.53. The molecule has 0 spiro atoms. The molecular formula is C9H10N2O2S. The maximum Gasteiger partial charge on any atom is 0.167 e. The van der Waals surface area contributed by atoms with Gasteiger partial charge in [-0.05, 0) is 17.7 Å². The molecule has 0 radical (unpaired) electrons. The molecule has 5 heteroatoms. The minimum absolute atomic E-state index is 0.110. The van der Waals surface area contributed by atoms with Crippen molar-refractivity contribution in [3.8, 4) is 6.07 Å². The fourth-order valence-electron chi connectivity index (χ4n) is 1.02. The van der Waals surface area contributed by atoms with Gasteiger partial charge < -0.3 is 5.73 Å². The van der Waals surface area contributed by atoms with E-state index in [1.165, 1.54) is 0 Å². The standard InChI is InChI=1S/C9H10N2O2S/c10-5-6-14(12,13)7-8-1-3-9(11)4-2-8/h1-4H,6-7,11H2. The Morgan fingerprint density at radius 2 is 1.86 bits per heavy atom. The third-order valence-electron chi connectivity index (χ3n) is 1.65. The van der Waals surface area contributed by atoms with Crippen molar-refractivity contribution in [1.29, 1.82) is 5.26 Å². The van der Waals surface area contributed by atoms with Gasteiger partial charge in [0.15, 0.2) is 9.84 Å². The number of hydrogen-bond acceptors (Lipinski definition) is 4. The molecule has 0 fully saturated rings. The van der Waals surface area contributed by atoms with E-state index < -0.39 is 15.6 Å². The van der Waals surface area contributed by atoms with E-state index >= 15 is 0 Å². The predicted molar refractivity (Wildman–Crippen MR) is 54.0 cm³/mol. The van der Waals surface area contributed by atoms with Crippen LogP contribution in [0.3, 0.4) is 0 Å². The highest BCUT2D eigenvalue weighted by molar-refractivity contribution is 7.90. The minimum atomic E-state index is -3.30. The summed E-state index contributed by atoms with van der Waals surface area (Å²) in [5.41, 5.74) is 6.68. The maximum absolute atomic E-state index is 11.2. The van der Waals surface area contributed by atoms with Crippen molar-refractivity contribution in [3.63, 3.8) is 0 Å². The Bertz CT molecular complexity index is 443. The van der Waals surface area contributed by atoms with Crippen LogP contribution in [-0.2, 0) is 15.6 Å². The van der Waals surface area contributed by atoms with E-state index in [0.717, 1.165) is 0 Å². The third kappa shape index (κ3) is 3.07. The van der Waals surface area contributed by atoms with Crippen molar-refractivity contribution >= 4 is 15.5 Å². The topological polar surface area (TPSA) is 84.0 Å². The van der Waals surface area contributed by atoms with E-state index in [4.69, 9.17) is 11.0 Å². The normalized spacial score (nSPS) is 10.8. The Morgan fingerprint density at radius 3 is 2.36 bits per heavy atom. The first-order valence-corrected chi connectivity index (χ1v) is 5.77. The third-order valence-corrected chi connectivity index (χ3v) is 2.99. The van der Waals surface area contributed by atoms with Gasteiger partial charge >= 0.3 is 0 Å². The van der Waals surface area contributed by atoms with Crippen LogP contribution in [0, 0.1) is 11.3 Å². The van der Waals surface area contributed by atoms with Crippen molar-refractivity contribution in [3.05, 3.63) is 29.8 Å². The van der Waals surface area contributed by atoms with E-state index in [0.29, 0.717) is 11.3 Å². The van der Waals surface area contributed by atoms with Crippen molar-refractivity contribution < 1.29 is 8.42 Å². The fraction of sp³-hybridized carbons (Fsp3) is 0.222. The van der Waals surface area contributed by atoms with Gasteiger partial charge in [0.05, 0.1) is 11.8 Å². The van der Waals surface area contributed by atoms with Gasteiger partial charge in [0.25, 0.3) is 0 Å². The van der Waals surface area contributed by atoms with E-state index in [9.17, 15) is 8.42 Å². The lowest BCUT2D eigenvalue weighted by atomic mass is 10.2. The number of sulfone groups is 1. The van der Waals surface area contributed by atoms with Crippen LogP contribution in [0.15, 0.2) is 24.3 Å². The summed E-state index contributed by atoms with van der Waals surface area (Å²) in [4.78, 5) is 0. The SMILES string of the molecule is N#CCS(=O)(=O)Cc1ccc(N)cc1. The van der Waals surface area contributed by atoms with Gasteiger partial charge in [0.2, 0.25) is 0 Å². The molecule has 4 nitrogen and oxygen atoms in total. The molecule has 0 unspecified atom stereocenters. The predicted octanol–water partition coefficient (Wildman–Crippen LogP) is 0.707. The van der Waals surface area contributed by atoms with E-state index in [1.54, 1.807) is 30.3 Å². The molecule has 0 bridgehead atoms. The molecule has 0 aliphatic rings. The Morgan fingerprint density at radius 1 is 1.29 bits per heavy atom. The lowest BCUT2D eigenvalue weighted by Crippen LogP contribution is -2.07. The second-order valence-electron chi connectivity index (χ2n) is 2.93. The van der Waals surface area contributed by atoms with Crippen LogP contribution in [0.25, 0.3) is 0 Å². The zero-order valence-electron chi connectivity index (χ0n) is 7.47. The van der Waals surface area contributed by atoms with E-state index in [-0.39, 0.29) is 5.75 Å². The zero-order chi connectivity index (χ0) is 10.6. The summed E-state index contributed by atoms with van der Waals surface area (Å²) in [5.74, 6) is -0.557. The Balaban J connectivity index is 2.80. The molecule has 1 rings (SSSR count). The monoisotopic (exact) mass is 210 g/mol. The molecule has 1 aromatic carbocycles. The number of nitrogens with two attached hydrogens (primary N) is 1. The smallest absolute Gasteiger partial charge is 0.167 e. The molecule has 74 valence electrons. The van der Waals surface area contributed by atoms with Crippen molar-refractivity contribution in [1.82, 2.24) is 0 Å². The molecule has 0 aliphatic carbocycles. The quantitative estimate of drug-likeness (QED) is 0.744. The van der Waals surface area contributed by atoms with Crippen LogP contribution < -0.4 is 5.73 Å². The highest BCUT2D eigenvalue weighted by Gasteiger charge is 2.10. The summed E-state index contributed by atoms with van der Waals surface area (Å²) in [6, 6.07) is 8.19. The number of rotatable bonds is 3. The molecule has 0 saturated carbocycles. The van der Waals surface area contributed by atoms with Gasteiger partial charge in [-0.3, -0.25) is 0 Å². The number of nitrogen functional groups attached to an aromatic ring is 1. The average Bonchev–Trinajstić information content (AvgIpc) is 2.08. The van der Waals surface area contributed by atoms with Crippen LogP contribution in [0.2, 0.25) is 0 Å². The fourth-order valence-corrected chi connectivity index (χ4v) is 2.02. The van der Waals surface area contributed by atoms with Gasteiger partial charge in [-0.15, -0.1) is 0 Å². The summed E-state index contributed by atoms with van der Waals surface area (Å²) in [7, 11) is -3.30. The molecule has 2 N–H and O–H groups in total. The molecule has 0 heterocycles. The molecule has 1 aromatic rings. The lowest BCUT2D eigenvalue weighted by Gasteiger charge is -2.00. The summed E-state index contributed by atoms with van der Waals surface area (Å²) < 4.78 is 22.5. The summed E-state index contributed by atoms with van der Waals surface area (Å²) in [6.07, 6.45) is 0. The zero-order valence-corrected chi connectivity index (χ0v) is 8.29. The number of anilines is 1. The largest absolute Gasteiger partial charge is 0.399 e.